The lowest BCUT2D eigenvalue weighted by molar-refractivity contribution is -0.554. The Kier molecular flexibility index (Phi) is 5.48. The van der Waals surface area contributed by atoms with E-state index in [1.807, 2.05) is 91.2 Å². The zero-order valence-corrected chi connectivity index (χ0v) is 15.9. The zero-order chi connectivity index (χ0) is 19.2. The van der Waals surface area contributed by atoms with Crippen LogP contribution in [0.2, 0.25) is 0 Å². The molecular weight excluding hydrogens is 345 g/mol. The third kappa shape index (κ3) is 3.68. The second-order valence-corrected chi connectivity index (χ2v) is 7.26. The van der Waals surface area contributed by atoms with Crippen LogP contribution in [0.5, 0.6) is 0 Å². The average molecular weight is 370 g/mol. The summed E-state index contributed by atoms with van der Waals surface area (Å²) < 4.78 is 19.0. The van der Waals surface area contributed by atoms with Crippen molar-refractivity contribution in [1.29, 1.82) is 0 Å². The molecule has 0 amide bonds. The van der Waals surface area contributed by atoms with E-state index >= 15 is 4.39 Å². The Balaban J connectivity index is 1.71. The lowest BCUT2D eigenvalue weighted by Gasteiger charge is -2.29. The molecule has 3 aromatic rings. The smallest absolute Gasteiger partial charge is 0.221 e. The van der Waals surface area contributed by atoms with Gasteiger partial charge in [-0.05, 0) is 11.6 Å². The van der Waals surface area contributed by atoms with E-state index < -0.39 is 5.67 Å². The molecule has 1 heterocycles. The van der Waals surface area contributed by atoms with Crippen molar-refractivity contribution < 1.29 is 8.97 Å². The van der Waals surface area contributed by atoms with Gasteiger partial charge < -0.3 is 0 Å². The molecule has 0 N–H and O–H groups in total. The molecule has 1 saturated heterocycles. The van der Waals surface area contributed by atoms with Crippen molar-refractivity contribution in [2.45, 2.75) is 24.6 Å². The first kappa shape index (κ1) is 18.4. The predicted octanol–water partition coefficient (Wildman–Crippen LogP) is 5.86. The highest BCUT2D eigenvalue weighted by Crippen LogP contribution is 2.42. The topological polar surface area (TPSA) is 3.01 Å². The summed E-state index contributed by atoms with van der Waals surface area (Å²) in [6.07, 6.45) is 7.97. The quantitative estimate of drug-likeness (QED) is 0.495. The van der Waals surface area contributed by atoms with Crippen LogP contribution in [0, 0.1) is 0 Å². The Hall–Kier alpha value is -3.00. The summed E-state index contributed by atoms with van der Waals surface area (Å²) in [5.74, 6) is 0. The second kappa shape index (κ2) is 8.35. The first-order valence-corrected chi connectivity index (χ1v) is 9.91. The van der Waals surface area contributed by atoms with E-state index in [0.717, 1.165) is 36.1 Å². The molecular formula is C26H25FN+. The van der Waals surface area contributed by atoms with Gasteiger partial charge in [0.2, 0.25) is 5.67 Å². The summed E-state index contributed by atoms with van der Waals surface area (Å²) in [4.78, 5) is 0. The summed E-state index contributed by atoms with van der Waals surface area (Å²) in [7, 11) is 0. The molecule has 0 spiro atoms. The van der Waals surface area contributed by atoms with Gasteiger partial charge in [-0.1, -0.05) is 91.0 Å². The van der Waals surface area contributed by atoms with Gasteiger partial charge in [0.1, 0.15) is 6.54 Å². The number of rotatable bonds is 5. The standard InChI is InChI=1S/C26H25FN/c27-26(23-15-6-2-7-16-23,24-17-8-3-9-18-24)25-19-11-21-28(25)20-10-14-22-12-4-1-5-13-22/h1-10,12-18,20,25H,11,19,21H2/q+1/b14-10+,28-20?/t25-/m1/s1. The summed E-state index contributed by atoms with van der Waals surface area (Å²) in [6, 6.07) is 29.2. The molecule has 1 aliphatic heterocycles. The molecule has 0 aromatic heterocycles. The van der Waals surface area contributed by atoms with E-state index in [1.165, 1.54) is 0 Å². The maximum atomic E-state index is 16.9. The minimum Gasteiger partial charge on any atom is -0.229 e. The van der Waals surface area contributed by atoms with Crippen LogP contribution in [-0.2, 0) is 5.67 Å². The Labute approximate surface area is 166 Å². The van der Waals surface area contributed by atoms with Gasteiger partial charge in [-0.2, -0.15) is 0 Å². The van der Waals surface area contributed by atoms with E-state index in [9.17, 15) is 0 Å². The van der Waals surface area contributed by atoms with Gasteiger partial charge in [-0.3, -0.25) is 0 Å². The number of alkyl halides is 1. The van der Waals surface area contributed by atoms with E-state index in [2.05, 4.69) is 22.8 Å². The van der Waals surface area contributed by atoms with Gasteiger partial charge in [-0.15, -0.1) is 0 Å². The largest absolute Gasteiger partial charge is 0.229 e. The van der Waals surface area contributed by atoms with E-state index in [-0.39, 0.29) is 6.04 Å². The van der Waals surface area contributed by atoms with Crippen LogP contribution in [0.15, 0.2) is 97.1 Å². The van der Waals surface area contributed by atoms with E-state index in [4.69, 9.17) is 0 Å². The van der Waals surface area contributed by atoms with Gasteiger partial charge >= 0.3 is 0 Å². The van der Waals surface area contributed by atoms with Crippen LogP contribution in [-0.4, -0.2) is 23.4 Å². The fraction of sp³-hybridized carbons (Fsp3) is 0.192. The molecule has 0 saturated carbocycles. The minimum absolute atomic E-state index is 0.224. The Bertz CT molecular complexity index is 906. The highest BCUT2D eigenvalue weighted by Gasteiger charge is 2.51. The molecule has 3 aromatic carbocycles. The lowest BCUT2D eigenvalue weighted by atomic mass is 9.81. The van der Waals surface area contributed by atoms with Crippen LogP contribution in [0.25, 0.3) is 6.08 Å². The van der Waals surface area contributed by atoms with Crippen LogP contribution < -0.4 is 0 Å². The fourth-order valence-electron chi connectivity index (χ4n) is 4.14. The van der Waals surface area contributed by atoms with Crippen LogP contribution in [0.4, 0.5) is 4.39 Å². The number of hydrogen-bond acceptors (Lipinski definition) is 0. The van der Waals surface area contributed by atoms with Crippen molar-refractivity contribution in [3.8, 4) is 0 Å². The minimum atomic E-state index is -1.55. The van der Waals surface area contributed by atoms with Gasteiger partial charge in [-0.25, -0.2) is 8.97 Å². The lowest BCUT2D eigenvalue weighted by Crippen LogP contribution is -2.41. The normalized spacial score (nSPS) is 18.8. The Morgan fingerprint density at radius 2 is 1.32 bits per heavy atom. The average Bonchev–Trinajstić information content (AvgIpc) is 3.24. The van der Waals surface area contributed by atoms with Crippen LogP contribution in [0.3, 0.4) is 0 Å². The summed E-state index contributed by atoms with van der Waals surface area (Å²) in [5, 5.41) is 0. The molecule has 1 aliphatic rings. The van der Waals surface area contributed by atoms with Crippen LogP contribution in [0.1, 0.15) is 29.5 Å². The second-order valence-electron chi connectivity index (χ2n) is 7.26. The number of allylic oxidation sites excluding steroid dienone is 1. The molecule has 1 atom stereocenters. The summed E-state index contributed by atoms with van der Waals surface area (Å²) in [6.45, 7) is 0.870. The van der Waals surface area contributed by atoms with Crippen molar-refractivity contribution in [2.24, 2.45) is 0 Å². The fourth-order valence-corrected chi connectivity index (χ4v) is 4.14. The molecule has 0 bridgehead atoms. The van der Waals surface area contributed by atoms with Crippen LogP contribution >= 0.6 is 0 Å². The maximum Gasteiger partial charge on any atom is 0.221 e. The van der Waals surface area contributed by atoms with Crippen molar-refractivity contribution >= 4 is 12.3 Å². The van der Waals surface area contributed by atoms with E-state index in [0.29, 0.717) is 0 Å². The van der Waals surface area contributed by atoms with Crippen molar-refractivity contribution in [1.82, 2.24) is 0 Å². The molecule has 1 nitrogen and oxygen atoms in total. The highest BCUT2D eigenvalue weighted by atomic mass is 19.1. The van der Waals surface area contributed by atoms with Crippen molar-refractivity contribution in [3.63, 3.8) is 0 Å². The SMILES string of the molecule is FC(c1ccccc1)(c1ccccc1)[C@H]1CCC[N+]1=C/C=C/c1ccccc1. The molecule has 28 heavy (non-hydrogen) atoms. The first-order valence-electron chi connectivity index (χ1n) is 9.91. The molecule has 0 aliphatic carbocycles. The number of nitrogens with zero attached hydrogens (tertiary/aromatic N) is 1. The van der Waals surface area contributed by atoms with Gasteiger partial charge in [0.25, 0.3) is 0 Å². The predicted molar refractivity (Wildman–Crippen MR) is 114 cm³/mol. The number of benzene rings is 3. The Morgan fingerprint density at radius 3 is 1.89 bits per heavy atom. The monoisotopic (exact) mass is 370 g/mol. The summed E-state index contributed by atoms with van der Waals surface area (Å²) >= 11 is 0. The molecule has 0 radical (unpaired) electrons. The maximum absolute atomic E-state index is 16.9. The van der Waals surface area contributed by atoms with Gasteiger partial charge in [0, 0.05) is 30.0 Å². The third-order valence-corrected chi connectivity index (χ3v) is 5.51. The molecule has 140 valence electrons. The third-order valence-electron chi connectivity index (χ3n) is 5.51. The van der Waals surface area contributed by atoms with Crippen molar-refractivity contribution in [2.75, 3.05) is 6.54 Å². The zero-order valence-electron chi connectivity index (χ0n) is 15.9. The summed E-state index contributed by atoms with van der Waals surface area (Å²) in [5.41, 5.74) is 1.04. The molecule has 0 unspecified atom stereocenters. The highest BCUT2D eigenvalue weighted by molar-refractivity contribution is 5.74. The Morgan fingerprint density at radius 1 is 0.786 bits per heavy atom. The van der Waals surface area contributed by atoms with Gasteiger partial charge in [0.15, 0.2) is 12.3 Å². The molecule has 1 fully saturated rings. The molecule has 2 heteroatoms. The van der Waals surface area contributed by atoms with Gasteiger partial charge in [0.05, 0.1) is 0 Å². The van der Waals surface area contributed by atoms with Crippen molar-refractivity contribution in [3.05, 3.63) is 114 Å². The molecule has 4 rings (SSSR count). The van der Waals surface area contributed by atoms with E-state index in [1.54, 1.807) is 0 Å². The number of hydrogen-bond donors (Lipinski definition) is 0. The number of halogens is 1. The first-order chi connectivity index (χ1) is 13.8.